The van der Waals surface area contributed by atoms with Gasteiger partial charge in [0, 0.05) is 12.5 Å². The Balaban J connectivity index is 3.30. The van der Waals surface area contributed by atoms with Crippen molar-refractivity contribution in [1.82, 2.24) is 5.32 Å². The standard InChI is InChI=1S/C10H21NO2/c1-8(2)6-7-11-9(3)4-5-10(12)13/h8-9,11H,4-7H2,1-3H3,(H,12,13). The fourth-order valence-corrected chi connectivity index (χ4v) is 1.06. The monoisotopic (exact) mass is 187 g/mol. The quantitative estimate of drug-likeness (QED) is 0.639. The number of carboxylic acid groups (broad SMARTS) is 1. The summed E-state index contributed by atoms with van der Waals surface area (Å²) >= 11 is 0. The van der Waals surface area contributed by atoms with Gasteiger partial charge in [0.1, 0.15) is 0 Å². The molecular weight excluding hydrogens is 166 g/mol. The Labute approximate surface area is 80.5 Å². The largest absolute Gasteiger partial charge is 0.481 e. The molecule has 78 valence electrons. The van der Waals surface area contributed by atoms with E-state index in [1.807, 2.05) is 6.92 Å². The summed E-state index contributed by atoms with van der Waals surface area (Å²) < 4.78 is 0. The second kappa shape index (κ2) is 6.89. The van der Waals surface area contributed by atoms with Crippen LogP contribution in [0.3, 0.4) is 0 Å². The third-order valence-corrected chi connectivity index (χ3v) is 2.01. The van der Waals surface area contributed by atoms with Crippen LogP contribution in [0.25, 0.3) is 0 Å². The second-order valence-electron chi connectivity index (χ2n) is 3.97. The molecule has 0 aliphatic rings. The molecule has 0 fully saturated rings. The zero-order chi connectivity index (χ0) is 10.3. The van der Waals surface area contributed by atoms with Gasteiger partial charge >= 0.3 is 5.97 Å². The highest BCUT2D eigenvalue weighted by atomic mass is 16.4. The molecule has 13 heavy (non-hydrogen) atoms. The molecule has 0 heterocycles. The minimum Gasteiger partial charge on any atom is -0.481 e. The molecule has 3 heteroatoms. The SMILES string of the molecule is CC(C)CCNC(C)CCC(=O)O. The van der Waals surface area contributed by atoms with E-state index in [1.54, 1.807) is 0 Å². The Morgan fingerprint density at radius 2 is 1.92 bits per heavy atom. The van der Waals surface area contributed by atoms with Crippen molar-refractivity contribution in [3.8, 4) is 0 Å². The number of carbonyl (C=O) groups is 1. The zero-order valence-corrected chi connectivity index (χ0v) is 8.84. The summed E-state index contributed by atoms with van der Waals surface area (Å²) in [6.07, 6.45) is 2.13. The van der Waals surface area contributed by atoms with Crippen LogP contribution in [0.5, 0.6) is 0 Å². The van der Waals surface area contributed by atoms with Crippen LogP contribution in [-0.2, 0) is 4.79 Å². The molecule has 0 radical (unpaired) electrons. The summed E-state index contributed by atoms with van der Waals surface area (Å²) in [6.45, 7) is 7.38. The molecule has 0 aromatic carbocycles. The van der Waals surface area contributed by atoms with Gasteiger partial charge in [-0.3, -0.25) is 4.79 Å². The Hall–Kier alpha value is -0.570. The van der Waals surface area contributed by atoms with Crippen LogP contribution < -0.4 is 5.32 Å². The first kappa shape index (κ1) is 12.4. The van der Waals surface area contributed by atoms with Gasteiger partial charge in [0.2, 0.25) is 0 Å². The van der Waals surface area contributed by atoms with E-state index in [0.29, 0.717) is 18.4 Å². The number of aliphatic carboxylic acids is 1. The van der Waals surface area contributed by atoms with Gasteiger partial charge in [0.25, 0.3) is 0 Å². The first-order valence-electron chi connectivity index (χ1n) is 4.97. The van der Waals surface area contributed by atoms with Gasteiger partial charge in [-0.2, -0.15) is 0 Å². The molecule has 0 spiro atoms. The minimum atomic E-state index is -0.711. The molecule has 0 bridgehead atoms. The van der Waals surface area contributed by atoms with Crippen LogP contribution in [-0.4, -0.2) is 23.7 Å². The summed E-state index contributed by atoms with van der Waals surface area (Å²) in [5.74, 6) is -0.00307. The molecule has 1 unspecified atom stereocenters. The van der Waals surface area contributed by atoms with Crippen LogP contribution in [0.15, 0.2) is 0 Å². The third-order valence-electron chi connectivity index (χ3n) is 2.01. The summed E-state index contributed by atoms with van der Waals surface area (Å²) in [5.41, 5.74) is 0. The van der Waals surface area contributed by atoms with Gasteiger partial charge in [0.15, 0.2) is 0 Å². The van der Waals surface area contributed by atoms with Gasteiger partial charge in [-0.05, 0) is 32.2 Å². The van der Waals surface area contributed by atoms with E-state index in [1.165, 1.54) is 0 Å². The predicted molar refractivity (Wildman–Crippen MR) is 53.8 cm³/mol. The van der Waals surface area contributed by atoms with Gasteiger partial charge in [0.05, 0.1) is 0 Å². The van der Waals surface area contributed by atoms with Crippen molar-refractivity contribution >= 4 is 5.97 Å². The van der Waals surface area contributed by atoms with Crippen molar-refractivity contribution in [2.24, 2.45) is 5.92 Å². The normalized spacial score (nSPS) is 13.2. The Morgan fingerprint density at radius 3 is 2.38 bits per heavy atom. The molecule has 0 rings (SSSR count). The Morgan fingerprint density at radius 1 is 1.31 bits per heavy atom. The average molecular weight is 187 g/mol. The summed E-state index contributed by atoms with van der Waals surface area (Å²) in [7, 11) is 0. The lowest BCUT2D eigenvalue weighted by Gasteiger charge is -2.13. The van der Waals surface area contributed by atoms with E-state index in [-0.39, 0.29) is 6.42 Å². The number of rotatable bonds is 7. The lowest BCUT2D eigenvalue weighted by atomic mass is 10.1. The number of hydrogen-bond acceptors (Lipinski definition) is 2. The van der Waals surface area contributed by atoms with Crippen LogP contribution in [0, 0.1) is 5.92 Å². The fourth-order valence-electron chi connectivity index (χ4n) is 1.06. The van der Waals surface area contributed by atoms with Crippen molar-refractivity contribution in [1.29, 1.82) is 0 Å². The Bertz CT molecular complexity index is 146. The molecule has 1 atom stereocenters. The molecular formula is C10H21NO2. The number of hydrogen-bond donors (Lipinski definition) is 2. The van der Waals surface area contributed by atoms with Crippen LogP contribution in [0.4, 0.5) is 0 Å². The maximum atomic E-state index is 10.3. The highest BCUT2D eigenvalue weighted by Crippen LogP contribution is 2.00. The van der Waals surface area contributed by atoms with Gasteiger partial charge in [-0.1, -0.05) is 13.8 Å². The third kappa shape index (κ3) is 9.34. The van der Waals surface area contributed by atoms with Crippen molar-refractivity contribution in [3.63, 3.8) is 0 Å². The highest BCUT2D eigenvalue weighted by molar-refractivity contribution is 5.66. The predicted octanol–water partition coefficient (Wildman–Crippen LogP) is 1.88. The Kier molecular flexibility index (Phi) is 6.59. The van der Waals surface area contributed by atoms with E-state index in [0.717, 1.165) is 13.0 Å². The van der Waals surface area contributed by atoms with E-state index < -0.39 is 5.97 Å². The maximum absolute atomic E-state index is 10.3. The molecule has 2 N–H and O–H groups in total. The van der Waals surface area contributed by atoms with Crippen molar-refractivity contribution in [2.45, 2.75) is 46.1 Å². The smallest absolute Gasteiger partial charge is 0.303 e. The van der Waals surface area contributed by atoms with Crippen LogP contribution >= 0.6 is 0 Å². The van der Waals surface area contributed by atoms with E-state index >= 15 is 0 Å². The molecule has 0 aromatic heterocycles. The van der Waals surface area contributed by atoms with Crippen molar-refractivity contribution < 1.29 is 9.90 Å². The first-order valence-corrected chi connectivity index (χ1v) is 4.97. The molecule has 0 saturated carbocycles. The first-order chi connectivity index (χ1) is 6.02. The lowest BCUT2D eigenvalue weighted by Crippen LogP contribution is -2.28. The van der Waals surface area contributed by atoms with E-state index in [2.05, 4.69) is 19.2 Å². The van der Waals surface area contributed by atoms with Gasteiger partial charge < -0.3 is 10.4 Å². The number of carboxylic acids is 1. The van der Waals surface area contributed by atoms with Crippen molar-refractivity contribution in [2.75, 3.05) is 6.54 Å². The molecule has 0 aromatic rings. The topological polar surface area (TPSA) is 49.3 Å². The molecule has 3 nitrogen and oxygen atoms in total. The average Bonchev–Trinajstić information content (AvgIpc) is 2.00. The van der Waals surface area contributed by atoms with E-state index in [9.17, 15) is 4.79 Å². The summed E-state index contributed by atoms with van der Waals surface area (Å²) in [6, 6.07) is 0.315. The van der Waals surface area contributed by atoms with E-state index in [4.69, 9.17) is 5.11 Å². The van der Waals surface area contributed by atoms with Crippen LogP contribution in [0.2, 0.25) is 0 Å². The van der Waals surface area contributed by atoms with Gasteiger partial charge in [-0.15, -0.1) is 0 Å². The minimum absolute atomic E-state index is 0.260. The summed E-state index contributed by atoms with van der Waals surface area (Å²) in [5, 5.41) is 11.8. The molecule has 0 aliphatic carbocycles. The highest BCUT2D eigenvalue weighted by Gasteiger charge is 2.04. The fraction of sp³-hybridized carbons (Fsp3) is 0.900. The molecule has 0 amide bonds. The molecule has 0 saturated heterocycles. The summed E-state index contributed by atoms with van der Waals surface area (Å²) in [4.78, 5) is 10.3. The second-order valence-corrected chi connectivity index (χ2v) is 3.97. The van der Waals surface area contributed by atoms with Gasteiger partial charge in [-0.25, -0.2) is 0 Å². The van der Waals surface area contributed by atoms with Crippen LogP contribution in [0.1, 0.15) is 40.0 Å². The lowest BCUT2D eigenvalue weighted by molar-refractivity contribution is -0.137. The maximum Gasteiger partial charge on any atom is 0.303 e. The molecule has 0 aliphatic heterocycles. The van der Waals surface area contributed by atoms with Crippen molar-refractivity contribution in [3.05, 3.63) is 0 Å². The zero-order valence-electron chi connectivity index (χ0n) is 8.84. The number of nitrogens with one attached hydrogen (secondary N) is 1.